The standard InChI is InChI=1S/C14H22N6/c1-3-15-13-11-9-16-19(2)14(11)18-12(17-13)10-20-7-5-4-6-8-20/h9H,3-8,10H2,1-2H3,(H,15,17,18). The molecular formula is C14H22N6. The lowest BCUT2D eigenvalue weighted by Crippen LogP contribution is -2.30. The molecule has 1 aliphatic heterocycles. The van der Waals surface area contributed by atoms with Crippen molar-refractivity contribution in [2.75, 3.05) is 25.0 Å². The van der Waals surface area contributed by atoms with Crippen LogP contribution in [0.4, 0.5) is 5.82 Å². The van der Waals surface area contributed by atoms with Crippen molar-refractivity contribution in [2.24, 2.45) is 7.05 Å². The molecule has 20 heavy (non-hydrogen) atoms. The number of likely N-dealkylation sites (tertiary alicyclic amines) is 1. The van der Waals surface area contributed by atoms with Crippen LogP contribution in [0, 0.1) is 0 Å². The second kappa shape index (κ2) is 5.75. The fourth-order valence-corrected chi connectivity index (χ4v) is 2.76. The van der Waals surface area contributed by atoms with Crippen LogP contribution < -0.4 is 5.32 Å². The molecule has 0 spiro atoms. The Morgan fingerprint density at radius 3 is 2.75 bits per heavy atom. The molecular weight excluding hydrogens is 252 g/mol. The van der Waals surface area contributed by atoms with Crippen LogP contribution in [0.5, 0.6) is 0 Å². The summed E-state index contributed by atoms with van der Waals surface area (Å²) in [5.74, 6) is 1.79. The number of nitrogens with one attached hydrogen (secondary N) is 1. The topological polar surface area (TPSA) is 58.9 Å². The van der Waals surface area contributed by atoms with Crippen LogP contribution in [-0.4, -0.2) is 44.3 Å². The molecule has 0 amide bonds. The SMILES string of the molecule is CCNc1nc(CN2CCCCC2)nc2c1cnn2C. The molecule has 3 heterocycles. The van der Waals surface area contributed by atoms with E-state index in [0.717, 1.165) is 48.9 Å². The van der Waals surface area contributed by atoms with Gasteiger partial charge in [-0.2, -0.15) is 5.10 Å². The Hall–Kier alpha value is -1.69. The van der Waals surface area contributed by atoms with Crippen LogP contribution in [0.15, 0.2) is 6.20 Å². The van der Waals surface area contributed by atoms with Crippen LogP contribution >= 0.6 is 0 Å². The molecule has 6 nitrogen and oxygen atoms in total. The summed E-state index contributed by atoms with van der Waals surface area (Å²) >= 11 is 0. The van der Waals surface area contributed by atoms with E-state index in [-0.39, 0.29) is 0 Å². The first-order valence-electron chi connectivity index (χ1n) is 7.43. The maximum Gasteiger partial charge on any atom is 0.163 e. The van der Waals surface area contributed by atoms with E-state index < -0.39 is 0 Å². The minimum absolute atomic E-state index is 0.833. The van der Waals surface area contributed by atoms with Crippen molar-refractivity contribution in [3.63, 3.8) is 0 Å². The Morgan fingerprint density at radius 1 is 1.20 bits per heavy atom. The van der Waals surface area contributed by atoms with Crippen LogP contribution in [0.3, 0.4) is 0 Å². The zero-order valence-electron chi connectivity index (χ0n) is 12.3. The number of hydrogen-bond donors (Lipinski definition) is 1. The van der Waals surface area contributed by atoms with Gasteiger partial charge in [0.15, 0.2) is 5.65 Å². The lowest BCUT2D eigenvalue weighted by molar-refractivity contribution is 0.216. The fraction of sp³-hybridized carbons (Fsp3) is 0.643. The molecule has 108 valence electrons. The zero-order valence-corrected chi connectivity index (χ0v) is 12.3. The first kappa shape index (κ1) is 13.3. The number of aryl methyl sites for hydroxylation is 1. The summed E-state index contributed by atoms with van der Waals surface area (Å²) in [6, 6.07) is 0. The van der Waals surface area contributed by atoms with Gasteiger partial charge in [-0.15, -0.1) is 0 Å². The van der Waals surface area contributed by atoms with E-state index in [1.165, 1.54) is 19.3 Å². The highest BCUT2D eigenvalue weighted by molar-refractivity contribution is 5.86. The molecule has 0 aliphatic carbocycles. The van der Waals surface area contributed by atoms with E-state index in [9.17, 15) is 0 Å². The number of anilines is 1. The minimum Gasteiger partial charge on any atom is -0.370 e. The lowest BCUT2D eigenvalue weighted by Gasteiger charge is -2.25. The van der Waals surface area contributed by atoms with Crippen molar-refractivity contribution in [3.05, 3.63) is 12.0 Å². The smallest absolute Gasteiger partial charge is 0.163 e. The molecule has 0 atom stereocenters. The van der Waals surface area contributed by atoms with Crippen molar-refractivity contribution in [1.29, 1.82) is 0 Å². The van der Waals surface area contributed by atoms with Gasteiger partial charge < -0.3 is 5.32 Å². The normalized spacial score (nSPS) is 16.7. The third-order valence-corrected chi connectivity index (χ3v) is 3.80. The Balaban J connectivity index is 1.91. The van der Waals surface area contributed by atoms with Crippen LogP contribution in [0.2, 0.25) is 0 Å². The second-order valence-corrected chi connectivity index (χ2v) is 5.36. The van der Waals surface area contributed by atoms with Crippen molar-refractivity contribution in [2.45, 2.75) is 32.7 Å². The van der Waals surface area contributed by atoms with Crippen LogP contribution in [-0.2, 0) is 13.6 Å². The zero-order chi connectivity index (χ0) is 13.9. The van der Waals surface area contributed by atoms with Crippen LogP contribution in [0.1, 0.15) is 32.0 Å². The largest absolute Gasteiger partial charge is 0.370 e. The van der Waals surface area contributed by atoms with E-state index in [4.69, 9.17) is 0 Å². The minimum atomic E-state index is 0.833. The van der Waals surface area contributed by atoms with Gasteiger partial charge in [-0.3, -0.25) is 9.58 Å². The highest BCUT2D eigenvalue weighted by Gasteiger charge is 2.15. The van der Waals surface area contributed by atoms with Gasteiger partial charge in [0.1, 0.15) is 11.6 Å². The maximum absolute atomic E-state index is 4.68. The quantitative estimate of drug-likeness (QED) is 0.921. The highest BCUT2D eigenvalue weighted by atomic mass is 15.3. The van der Waals surface area contributed by atoms with Gasteiger partial charge in [0, 0.05) is 13.6 Å². The van der Waals surface area contributed by atoms with Crippen molar-refractivity contribution < 1.29 is 0 Å². The van der Waals surface area contributed by atoms with E-state index in [2.05, 4.69) is 32.2 Å². The van der Waals surface area contributed by atoms with E-state index in [0.29, 0.717) is 0 Å². The molecule has 1 aliphatic rings. The average Bonchev–Trinajstić information content (AvgIpc) is 2.82. The average molecular weight is 274 g/mol. The third-order valence-electron chi connectivity index (χ3n) is 3.80. The monoisotopic (exact) mass is 274 g/mol. The van der Waals surface area contributed by atoms with Gasteiger partial charge in [-0.25, -0.2) is 9.97 Å². The summed E-state index contributed by atoms with van der Waals surface area (Å²) in [4.78, 5) is 11.8. The summed E-state index contributed by atoms with van der Waals surface area (Å²) in [7, 11) is 1.93. The second-order valence-electron chi connectivity index (χ2n) is 5.36. The summed E-state index contributed by atoms with van der Waals surface area (Å²) in [5, 5.41) is 8.60. The summed E-state index contributed by atoms with van der Waals surface area (Å²) in [6.07, 6.45) is 5.75. The predicted octanol–water partition coefficient (Wildman–Crippen LogP) is 1.78. The van der Waals surface area contributed by atoms with Gasteiger partial charge in [-0.05, 0) is 32.9 Å². The predicted molar refractivity (Wildman–Crippen MR) is 79.6 cm³/mol. The molecule has 0 radical (unpaired) electrons. The molecule has 2 aromatic rings. The Kier molecular flexibility index (Phi) is 3.82. The first-order valence-corrected chi connectivity index (χ1v) is 7.43. The molecule has 1 N–H and O–H groups in total. The van der Waals surface area contributed by atoms with E-state index in [1.807, 2.05) is 17.9 Å². The Morgan fingerprint density at radius 2 is 2.00 bits per heavy atom. The number of nitrogens with zero attached hydrogens (tertiary/aromatic N) is 5. The Bertz CT molecular complexity index is 585. The molecule has 0 aromatic carbocycles. The number of fused-ring (bicyclic) bond motifs is 1. The van der Waals surface area contributed by atoms with Crippen LogP contribution in [0.25, 0.3) is 11.0 Å². The number of hydrogen-bond acceptors (Lipinski definition) is 5. The van der Waals surface area contributed by atoms with Gasteiger partial charge in [-0.1, -0.05) is 6.42 Å². The van der Waals surface area contributed by atoms with Gasteiger partial charge in [0.2, 0.25) is 0 Å². The Labute approximate surface area is 119 Å². The molecule has 2 aromatic heterocycles. The third kappa shape index (κ3) is 2.60. The number of aromatic nitrogens is 4. The van der Waals surface area contributed by atoms with Gasteiger partial charge in [0.25, 0.3) is 0 Å². The number of piperidine rings is 1. The van der Waals surface area contributed by atoms with Crippen molar-refractivity contribution >= 4 is 16.9 Å². The molecule has 6 heteroatoms. The number of rotatable bonds is 4. The van der Waals surface area contributed by atoms with Crippen molar-refractivity contribution in [1.82, 2.24) is 24.6 Å². The lowest BCUT2D eigenvalue weighted by atomic mass is 10.1. The molecule has 0 unspecified atom stereocenters. The molecule has 1 fully saturated rings. The fourth-order valence-electron chi connectivity index (χ4n) is 2.76. The molecule has 1 saturated heterocycles. The van der Waals surface area contributed by atoms with Gasteiger partial charge >= 0.3 is 0 Å². The summed E-state index contributed by atoms with van der Waals surface area (Å²) in [5.41, 5.74) is 0.906. The summed E-state index contributed by atoms with van der Waals surface area (Å²) < 4.78 is 1.82. The van der Waals surface area contributed by atoms with Gasteiger partial charge in [0.05, 0.1) is 18.1 Å². The molecule has 0 saturated carbocycles. The highest BCUT2D eigenvalue weighted by Crippen LogP contribution is 2.20. The van der Waals surface area contributed by atoms with E-state index >= 15 is 0 Å². The first-order chi connectivity index (χ1) is 9.78. The molecule has 3 rings (SSSR count). The van der Waals surface area contributed by atoms with Crippen molar-refractivity contribution in [3.8, 4) is 0 Å². The summed E-state index contributed by atoms with van der Waals surface area (Å²) in [6.45, 7) is 6.07. The van der Waals surface area contributed by atoms with E-state index in [1.54, 1.807) is 0 Å². The molecule has 0 bridgehead atoms. The maximum atomic E-state index is 4.68.